The quantitative estimate of drug-likeness (QED) is 0.716. The molecule has 0 unspecified atom stereocenters. The zero-order valence-corrected chi connectivity index (χ0v) is 15.3. The first-order chi connectivity index (χ1) is 12.2. The molecule has 4 rings (SSSR count). The summed E-state index contributed by atoms with van der Waals surface area (Å²) in [6, 6.07) is 19.3. The molecule has 25 heavy (non-hydrogen) atoms. The molecule has 128 valence electrons. The van der Waals surface area contributed by atoms with Gasteiger partial charge in [-0.25, -0.2) is 4.98 Å². The summed E-state index contributed by atoms with van der Waals surface area (Å²) < 4.78 is 5.79. The number of fused-ring (bicyclic) bond motifs is 1. The minimum absolute atomic E-state index is 0.241. The molecule has 0 spiro atoms. The van der Waals surface area contributed by atoms with E-state index in [1.807, 2.05) is 23.5 Å². The smallest absolute Gasteiger partial charge is 0.124 e. The third-order valence-electron chi connectivity index (χ3n) is 4.62. The van der Waals surface area contributed by atoms with Gasteiger partial charge < -0.3 is 4.74 Å². The number of aryl methyl sites for hydroxylation is 1. The number of ether oxygens (including phenoxy) is 1. The number of benzene rings is 2. The largest absolute Gasteiger partial charge is 0.491 e. The summed E-state index contributed by atoms with van der Waals surface area (Å²) in [6.07, 6.45) is 0.897. The SMILES string of the molecule is Cc1nc(Cc2ccccc2)sc1[C@H](C)N[C@H]1COc2ccccc21. The zero-order valence-electron chi connectivity index (χ0n) is 14.5. The molecule has 1 aliphatic rings. The average molecular weight is 350 g/mol. The molecule has 0 bridgehead atoms. The van der Waals surface area contributed by atoms with Gasteiger partial charge in [-0.3, -0.25) is 5.32 Å². The van der Waals surface area contributed by atoms with Gasteiger partial charge in [-0.1, -0.05) is 48.5 Å². The van der Waals surface area contributed by atoms with E-state index in [1.165, 1.54) is 21.0 Å². The van der Waals surface area contributed by atoms with Gasteiger partial charge in [-0.15, -0.1) is 11.3 Å². The van der Waals surface area contributed by atoms with E-state index in [0.717, 1.165) is 17.9 Å². The zero-order chi connectivity index (χ0) is 17.2. The fourth-order valence-electron chi connectivity index (χ4n) is 3.39. The van der Waals surface area contributed by atoms with Crippen LogP contribution in [0.1, 0.15) is 45.7 Å². The number of aromatic nitrogens is 1. The Kier molecular flexibility index (Phi) is 4.55. The molecule has 0 amide bonds. The van der Waals surface area contributed by atoms with Crippen molar-refractivity contribution in [1.29, 1.82) is 0 Å². The van der Waals surface area contributed by atoms with Crippen molar-refractivity contribution in [1.82, 2.24) is 10.3 Å². The maximum atomic E-state index is 5.79. The standard InChI is InChI=1S/C21H22N2OS/c1-14(22-18-13-24-19-11-7-6-10-17(18)19)21-15(2)23-20(25-21)12-16-8-4-3-5-9-16/h3-11,14,18,22H,12-13H2,1-2H3/t14-,18-/m0/s1. The Labute approximate surface area is 152 Å². The van der Waals surface area contributed by atoms with Gasteiger partial charge in [-0.2, -0.15) is 0 Å². The highest BCUT2D eigenvalue weighted by Gasteiger charge is 2.26. The molecule has 0 aliphatic carbocycles. The third-order valence-corrected chi connectivity index (χ3v) is 5.96. The van der Waals surface area contributed by atoms with Crippen molar-refractivity contribution in [2.45, 2.75) is 32.4 Å². The number of para-hydroxylation sites is 1. The molecule has 0 saturated heterocycles. The minimum atomic E-state index is 0.241. The highest BCUT2D eigenvalue weighted by molar-refractivity contribution is 7.11. The van der Waals surface area contributed by atoms with Crippen LogP contribution in [0.3, 0.4) is 0 Å². The molecule has 2 heterocycles. The fraction of sp³-hybridized carbons (Fsp3) is 0.286. The molecule has 1 aromatic heterocycles. The molecule has 2 atom stereocenters. The second-order valence-electron chi connectivity index (χ2n) is 6.51. The number of nitrogens with one attached hydrogen (secondary N) is 1. The maximum Gasteiger partial charge on any atom is 0.124 e. The van der Waals surface area contributed by atoms with Crippen LogP contribution in [0.15, 0.2) is 54.6 Å². The molecule has 0 fully saturated rings. The molecule has 4 heteroatoms. The first-order valence-electron chi connectivity index (χ1n) is 8.68. The predicted octanol–water partition coefficient (Wildman–Crippen LogP) is 4.83. The first kappa shape index (κ1) is 16.3. The van der Waals surface area contributed by atoms with Crippen LogP contribution < -0.4 is 10.1 Å². The summed E-state index contributed by atoms with van der Waals surface area (Å²) >= 11 is 1.81. The molecule has 1 N–H and O–H groups in total. The summed E-state index contributed by atoms with van der Waals surface area (Å²) in [5.41, 5.74) is 3.69. The molecule has 3 nitrogen and oxygen atoms in total. The van der Waals surface area contributed by atoms with Gasteiger partial charge in [0, 0.05) is 22.9 Å². The van der Waals surface area contributed by atoms with Gasteiger partial charge >= 0.3 is 0 Å². The Morgan fingerprint density at radius 3 is 2.76 bits per heavy atom. The molecule has 3 aromatic rings. The van der Waals surface area contributed by atoms with E-state index < -0.39 is 0 Å². The Balaban J connectivity index is 1.48. The third kappa shape index (κ3) is 3.46. The lowest BCUT2D eigenvalue weighted by atomic mass is 10.1. The van der Waals surface area contributed by atoms with E-state index >= 15 is 0 Å². The van der Waals surface area contributed by atoms with Gasteiger partial charge in [0.1, 0.15) is 12.4 Å². The maximum absolute atomic E-state index is 5.79. The topological polar surface area (TPSA) is 34.2 Å². The molecule has 1 aliphatic heterocycles. The number of hydrogen-bond donors (Lipinski definition) is 1. The van der Waals surface area contributed by atoms with Crippen LogP contribution in [-0.4, -0.2) is 11.6 Å². The second kappa shape index (κ2) is 6.98. The van der Waals surface area contributed by atoms with E-state index in [2.05, 4.69) is 61.6 Å². The molecule has 0 radical (unpaired) electrons. The Morgan fingerprint density at radius 1 is 1.16 bits per heavy atom. The lowest BCUT2D eigenvalue weighted by molar-refractivity contribution is 0.301. The van der Waals surface area contributed by atoms with Crippen molar-refractivity contribution >= 4 is 11.3 Å². The van der Waals surface area contributed by atoms with E-state index in [-0.39, 0.29) is 12.1 Å². The van der Waals surface area contributed by atoms with Crippen molar-refractivity contribution < 1.29 is 4.74 Å². The van der Waals surface area contributed by atoms with Crippen molar-refractivity contribution in [3.05, 3.63) is 81.3 Å². The van der Waals surface area contributed by atoms with Crippen LogP contribution in [0.5, 0.6) is 5.75 Å². The molecule has 0 saturated carbocycles. The number of nitrogens with zero attached hydrogens (tertiary/aromatic N) is 1. The fourth-order valence-corrected chi connectivity index (χ4v) is 4.51. The molecule has 2 aromatic carbocycles. The first-order valence-corrected chi connectivity index (χ1v) is 9.50. The summed E-state index contributed by atoms with van der Waals surface area (Å²) in [5, 5.41) is 4.89. The van der Waals surface area contributed by atoms with Crippen LogP contribution in [0.25, 0.3) is 0 Å². The number of hydrogen-bond acceptors (Lipinski definition) is 4. The minimum Gasteiger partial charge on any atom is -0.491 e. The van der Waals surface area contributed by atoms with Gasteiger partial charge in [0.25, 0.3) is 0 Å². The van der Waals surface area contributed by atoms with E-state index in [9.17, 15) is 0 Å². The van der Waals surface area contributed by atoms with Crippen LogP contribution in [0.4, 0.5) is 0 Å². The number of thiazole rings is 1. The number of rotatable bonds is 5. The van der Waals surface area contributed by atoms with Gasteiger partial charge in [-0.05, 0) is 25.5 Å². The second-order valence-corrected chi connectivity index (χ2v) is 7.62. The van der Waals surface area contributed by atoms with Crippen LogP contribution in [0, 0.1) is 6.92 Å². The van der Waals surface area contributed by atoms with Crippen LogP contribution in [0.2, 0.25) is 0 Å². The van der Waals surface area contributed by atoms with Crippen molar-refractivity contribution in [3.8, 4) is 5.75 Å². The molecular weight excluding hydrogens is 328 g/mol. The van der Waals surface area contributed by atoms with Crippen molar-refractivity contribution in [3.63, 3.8) is 0 Å². The highest BCUT2D eigenvalue weighted by atomic mass is 32.1. The Morgan fingerprint density at radius 2 is 1.92 bits per heavy atom. The highest BCUT2D eigenvalue weighted by Crippen LogP contribution is 2.35. The summed E-state index contributed by atoms with van der Waals surface area (Å²) in [7, 11) is 0. The normalized spacial score (nSPS) is 17.1. The van der Waals surface area contributed by atoms with E-state index in [0.29, 0.717) is 6.61 Å². The van der Waals surface area contributed by atoms with Gasteiger partial charge in [0.15, 0.2) is 0 Å². The lowest BCUT2D eigenvalue weighted by Crippen LogP contribution is -2.25. The van der Waals surface area contributed by atoms with Gasteiger partial charge in [0.2, 0.25) is 0 Å². The van der Waals surface area contributed by atoms with E-state index in [1.54, 1.807) is 0 Å². The average Bonchev–Trinajstić information content (AvgIpc) is 3.20. The summed E-state index contributed by atoms with van der Waals surface area (Å²) in [4.78, 5) is 6.11. The van der Waals surface area contributed by atoms with Crippen LogP contribution >= 0.6 is 11.3 Å². The van der Waals surface area contributed by atoms with E-state index in [4.69, 9.17) is 9.72 Å². The summed E-state index contributed by atoms with van der Waals surface area (Å²) in [6.45, 7) is 5.02. The van der Waals surface area contributed by atoms with Crippen molar-refractivity contribution in [2.75, 3.05) is 6.61 Å². The lowest BCUT2D eigenvalue weighted by Gasteiger charge is -2.18. The van der Waals surface area contributed by atoms with Gasteiger partial charge in [0.05, 0.1) is 16.7 Å². The molecular formula is C21H22N2OS. The monoisotopic (exact) mass is 350 g/mol. The Bertz CT molecular complexity index is 859. The van der Waals surface area contributed by atoms with Crippen LogP contribution in [-0.2, 0) is 6.42 Å². The summed E-state index contributed by atoms with van der Waals surface area (Å²) in [5.74, 6) is 0.998. The predicted molar refractivity (Wildman–Crippen MR) is 102 cm³/mol. The van der Waals surface area contributed by atoms with Crippen molar-refractivity contribution in [2.24, 2.45) is 0 Å². The Hall–Kier alpha value is -2.17.